The Morgan fingerprint density at radius 1 is 1.17 bits per heavy atom. The molecule has 1 unspecified atom stereocenters. The van der Waals surface area contributed by atoms with Crippen molar-refractivity contribution in [1.82, 2.24) is 9.88 Å². The average molecular weight is 610 g/mol. The molecule has 3 aliphatic heterocycles. The summed E-state index contributed by atoms with van der Waals surface area (Å²) in [7, 11) is 1.66. The van der Waals surface area contributed by atoms with Crippen molar-refractivity contribution in [2.75, 3.05) is 25.9 Å². The van der Waals surface area contributed by atoms with Crippen LogP contribution in [0.5, 0.6) is 23.0 Å². The Kier molecular flexibility index (Phi) is 7.12. The van der Waals surface area contributed by atoms with Crippen LogP contribution in [0.3, 0.4) is 0 Å². The van der Waals surface area contributed by atoms with Gasteiger partial charge in [0.1, 0.15) is 6.61 Å². The number of thiazole rings is 1. The summed E-state index contributed by atoms with van der Waals surface area (Å²) in [5.41, 5.74) is 9.68. The van der Waals surface area contributed by atoms with E-state index < -0.39 is 0 Å². The minimum atomic E-state index is 0.187. The third-order valence-corrected chi connectivity index (χ3v) is 9.03. The molecule has 11 heteroatoms. The van der Waals surface area contributed by atoms with E-state index in [1.54, 1.807) is 19.4 Å². The zero-order valence-corrected chi connectivity index (χ0v) is 24.5. The quantitative estimate of drug-likeness (QED) is 0.181. The summed E-state index contributed by atoms with van der Waals surface area (Å²) in [4.78, 5) is 6.76. The van der Waals surface area contributed by atoms with Gasteiger partial charge in [-0.25, -0.2) is 4.98 Å². The van der Waals surface area contributed by atoms with E-state index in [1.165, 1.54) is 28.0 Å². The first-order valence-electron chi connectivity index (χ1n) is 13.2. The van der Waals surface area contributed by atoms with Gasteiger partial charge in [0.15, 0.2) is 23.0 Å². The molecular formula is C30H26Cl2N4O4S. The van der Waals surface area contributed by atoms with E-state index >= 15 is 0 Å². The van der Waals surface area contributed by atoms with Gasteiger partial charge in [-0.1, -0.05) is 29.3 Å². The molecule has 3 aliphatic rings. The number of benzene rings is 3. The maximum atomic E-state index is 6.48. The van der Waals surface area contributed by atoms with Crippen LogP contribution in [0.25, 0.3) is 0 Å². The number of anilines is 1. The van der Waals surface area contributed by atoms with Crippen LogP contribution in [0.2, 0.25) is 10.0 Å². The number of methoxy groups -OCH3 is 1. The number of aromatic nitrogens is 1. The second-order valence-corrected chi connectivity index (χ2v) is 11.8. The van der Waals surface area contributed by atoms with Crippen molar-refractivity contribution < 1.29 is 18.9 Å². The van der Waals surface area contributed by atoms with Crippen LogP contribution in [0.1, 0.15) is 39.4 Å². The zero-order valence-electron chi connectivity index (χ0n) is 22.2. The molecule has 210 valence electrons. The van der Waals surface area contributed by atoms with E-state index in [2.05, 4.69) is 32.5 Å². The predicted octanol–water partition coefficient (Wildman–Crippen LogP) is 6.87. The molecule has 0 saturated heterocycles. The molecule has 4 heterocycles. The summed E-state index contributed by atoms with van der Waals surface area (Å²) < 4.78 is 23.7. The lowest BCUT2D eigenvalue weighted by molar-refractivity contribution is 0.155. The van der Waals surface area contributed by atoms with Crippen molar-refractivity contribution in [1.29, 1.82) is 0 Å². The highest BCUT2D eigenvalue weighted by Gasteiger charge is 2.37. The average Bonchev–Trinajstić information content (AvgIpc) is 3.67. The highest BCUT2D eigenvalue weighted by atomic mass is 35.5. The summed E-state index contributed by atoms with van der Waals surface area (Å²) in [5.74, 6) is 3.00. The summed E-state index contributed by atoms with van der Waals surface area (Å²) in [5, 5.41) is 8.28. The molecule has 1 N–H and O–H groups in total. The van der Waals surface area contributed by atoms with Gasteiger partial charge in [-0.15, -0.1) is 11.3 Å². The number of nitrogens with one attached hydrogen (secondary N) is 1. The molecule has 0 bridgehead atoms. The fourth-order valence-corrected chi connectivity index (χ4v) is 6.72. The van der Waals surface area contributed by atoms with Gasteiger partial charge in [-0.3, -0.25) is 10.3 Å². The van der Waals surface area contributed by atoms with Gasteiger partial charge < -0.3 is 18.9 Å². The monoisotopic (exact) mass is 608 g/mol. The maximum Gasteiger partial charge on any atom is 0.231 e. The van der Waals surface area contributed by atoms with Gasteiger partial charge >= 0.3 is 0 Å². The van der Waals surface area contributed by atoms with Gasteiger partial charge in [0.25, 0.3) is 0 Å². The molecule has 0 amide bonds. The van der Waals surface area contributed by atoms with Gasteiger partial charge in [0.2, 0.25) is 11.9 Å². The van der Waals surface area contributed by atoms with Crippen molar-refractivity contribution in [2.24, 2.45) is 5.10 Å². The lowest BCUT2D eigenvalue weighted by atomic mass is 9.82. The number of halogens is 2. The largest absolute Gasteiger partial charge is 0.493 e. The van der Waals surface area contributed by atoms with Gasteiger partial charge in [0, 0.05) is 57.4 Å². The molecule has 3 aromatic carbocycles. The highest BCUT2D eigenvalue weighted by Crippen LogP contribution is 2.48. The SMILES string of the molecule is COc1cc(/C=N/Nc2nccs2)c2c(c1OCc1ccc(Cl)cc1Cl)CN1CCc3cc4c(cc3C1C2)OCO4. The lowest BCUT2D eigenvalue weighted by Gasteiger charge is -2.42. The first kappa shape index (κ1) is 26.4. The molecule has 0 spiro atoms. The third kappa shape index (κ3) is 5.08. The Bertz CT molecular complexity index is 1650. The number of rotatable bonds is 7. The van der Waals surface area contributed by atoms with Gasteiger partial charge in [0.05, 0.1) is 13.3 Å². The topological polar surface area (TPSA) is 77.4 Å². The van der Waals surface area contributed by atoms with Crippen molar-refractivity contribution in [3.63, 3.8) is 0 Å². The van der Waals surface area contributed by atoms with E-state index in [-0.39, 0.29) is 19.4 Å². The smallest absolute Gasteiger partial charge is 0.231 e. The van der Waals surface area contributed by atoms with Crippen molar-refractivity contribution in [3.05, 3.63) is 91.4 Å². The van der Waals surface area contributed by atoms with Crippen molar-refractivity contribution in [2.45, 2.75) is 32.0 Å². The molecule has 1 atom stereocenters. The number of hydrazone groups is 1. The summed E-state index contributed by atoms with van der Waals surface area (Å²) in [6.45, 7) is 2.18. The van der Waals surface area contributed by atoms with Crippen LogP contribution in [-0.4, -0.2) is 36.5 Å². The third-order valence-electron chi connectivity index (χ3n) is 7.76. The van der Waals surface area contributed by atoms with Crippen LogP contribution in [0, 0.1) is 0 Å². The first-order chi connectivity index (χ1) is 20.1. The number of nitrogens with zero attached hydrogens (tertiary/aromatic N) is 3. The fraction of sp³-hybridized carbons (Fsp3) is 0.267. The number of ether oxygens (including phenoxy) is 4. The Morgan fingerprint density at radius 2 is 2.05 bits per heavy atom. The normalized spacial score (nSPS) is 17.2. The Hall–Kier alpha value is -3.50. The van der Waals surface area contributed by atoms with Crippen molar-refractivity contribution in [3.8, 4) is 23.0 Å². The Morgan fingerprint density at radius 3 is 2.85 bits per heavy atom. The van der Waals surface area contributed by atoms with Crippen LogP contribution >= 0.6 is 34.5 Å². The predicted molar refractivity (Wildman–Crippen MR) is 160 cm³/mol. The molecule has 0 aliphatic carbocycles. The summed E-state index contributed by atoms with van der Waals surface area (Å²) in [6, 6.07) is 11.9. The Balaban J connectivity index is 1.28. The van der Waals surface area contributed by atoms with Crippen LogP contribution in [0.4, 0.5) is 5.13 Å². The molecular weight excluding hydrogens is 583 g/mol. The molecule has 4 aromatic rings. The Labute approximate surface area is 251 Å². The summed E-state index contributed by atoms with van der Waals surface area (Å²) >= 11 is 14.1. The molecule has 1 aromatic heterocycles. The van der Waals surface area contributed by atoms with E-state index in [9.17, 15) is 0 Å². The van der Waals surface area contributed by atoms with E-state index in [0.29, 0.717) is 28.1 Å². The van der Waals surface area contributed by atoms with E-state index in [1.807, 2.05) is 29.8 Å². The van der Waals surface area contributed by atoms with Crippen LogP contribution in [-0.2, 0) is 26.0 Å². The maximum absolute atomic E-state index is 6.48. The molecule has 41 heavy (non-hydrogen) atoms. The second kappa shape index (κ2) is 11.1. The number of hydrogen-bond acceptors (Lipinski definition) is 9. The minimum Gasteiger partial charge on any atom is -0.493 e. The highest BCUT2D eigenvalue weighted by molar-refractivity contribution is 7.13. The van der Waals surface area contributed by atoms with E-state index in [0.717, 1.165) is 52.7 Å². The molecule has 0 fully saturated rings. The number of hydrogen-bond donors (Lipinski definition) is 1. The van der Waals surface area contributed by atoms with Gasteiger partial charge in [-0.05, 0) is 59.9 Å². The number of fused-ring (bicyclic) bond motifs is 5. The summed E-state index contributed by atoms with van der Waals surface area (Å²) in [6.07, 6.45) is 5.29. The van der Waals surface area contributed by atoms with E-state index in [4.69, 9.17) is 42.1 Å². The van der Waals surface area contributed by atoms with Gasteiger partial charge in [-0.2, -0.15) is 5.10 Å². The lowest BCUT2D eigenvalue weighted by Crippen LogP contribution is -2.40. The first-order valence-corrected chi connectivity index (χ1v) is 14.9. The van der Waals surface area contributed by atoms with Crippen molar-refractivity contribution >= 4 is 45.9 Å². The fourth-order valence-electron chi connectivity index (χ4n) is 5.78. The molecule has 0 radical (unpaired) electrons. The minimum absolute atomic E-state index is 0.187. The van der Waals surface area contributed by atoms with Crippen LogP contribution in [0.15, 0.2) is 53.1 Å². The van der Waals surface area contributed by atoms with Crippen LogP contribution < -0.4 is 24.4 Å². The molecule has 0 saturated carbocycles. The molecule has 8 nitrogen and oxygen atoms in total. The molecule has 7 rings (SSSR count). The zero-order chi connectivity index (χ0) is 27.9. The second-order valence-electron chi connectivity index (χ2n) is 10.0. The standard InChI is InChI=1S/C30H26Cl2N4O4S/c1-37-28-9-19(13-34-35-30-33-5-7-41-30)21-11-25-22-12-27-26(39-16-40-27)8-17(22)4-6-36(25)14-23(21)29(28)38-15-18-2-3-20(31)10-24(18)32/h2-3,5,7-10,12-13,25H,4,6,11,14-16H2,1H3,(H,33,35)/b34-13+.